The average molecular weight is 456 g/mol. The van der Waals surface area contributed by atoms with Crippen LogP contribution in [0.4, 0.5) is 0 Å². The van der Waals surface area contributed by atoms with E-state index in [0.717, 1.165) is 9.15 Å². The number of fused-ring (bicyclic) bond motifs is 1. The largest absolute Gasteiger partial charge is 0.280 e. The van der Waals surface area contributed by atoms with Crippen molar-refractivity contribution in [3.05, 3.63) is 92.4 Å². The fourth-order valence-corrected chi connectivity index (χ4v) is 3.22. The van der Waals surface area contributed by atoms with Crippen LogP contribution >= 0.6 is 27.5 Å². The van der Waals surface area contributed by atoms with Gasteiger partial charge in [-0.2, -0.15) is 4.68 Å². The lowest BCUT2D eigenvalue weighted by atomic mass is 10.2. The van der Waals surface area contributed by atoms with Crippen molar-refractivity contribution in [3.63, 3.8) is 0 Å². The summed E-state index contributed by atoms with van der Waals surface area (Å²) in [6, 6.07) is 17.4. The molecule has 2 aromatic heterocycles. The monoisotopic (exact) mass is 454 g/mol. The van der Waals surface area contributed by atoms with Gasteiger partial charge in [0.25, 0.3) is 11.5 Å². The predicted molar refractivity (Wildman–Crippen MR) is 112 cm³/mol. The van der Waals surface area contributed by atoms with Crippen molar-refractivity contribution in [2.24, 2.45) is 0 Å². The summed E-state index contributed by atoms with van der Waals surface area (Å²) in [6.07, 6.45) is 1.48. The highest BCUT2D eigenvalue weighted by atomic mass is 79.9. The van der Waals surface area contributed by atoms with Crippen LogP contribution in [0.1, 0.15) is 10.4 Å². The van der Waals surface area contributed by atoms with Crippen molar-refractivity contribution in [2.45, 2.75) is 0 Å². The Morgan fingerprint density at radius 1 is 1.04 bits per heavy atom. The number of halogens is 2. The van der Waals surface area contributed by atoms with E-state index >= 15 is 0 Å². The normalized spacial score (nSPS) is 10.8. The molecule has 6 nitrogen and oxygen atoms in total. The van der Waals surface area contributed by atoms with E-state index in [2.05, 4.69) is 31.3 Å². The third kappa shape index (κ3) is 3.42. The number of amides is 1. The Balaban J connectivity index is 1.90. The molecule has 0 spiro atoms. The zero-order valence-corrected chi connectivity index (χ0v) is 16.6. The first kappa shape index (κ1) is 18.3. The van der Waals surface area contributed by atoms with Gasteiger partial charge in [-0.25, -0.2) is 9.97 Å². The molecule has 0 atom stereocenters. The number of pyridine rings is 1. The van der Waals surface area contributed by atoms with E-state index in [9.17, 15) is 9.59 Å². The van der Waals surface area contributed by atoms with Gasteiger partial charge in [-0.05, 0) is 36.4 Å². The van der Waals surface area contributed by atoms with Gasteiger partial charge in [0.15, 0.2) is 5.82 Å². The third-order valence-corrected chi connectivity index (χ3v) is 4.93. The van der Waals surface area contributed by atoms with Gasteiger partial charge in [0.1, 0.15) is 5.15 Å². The highest BCUT2D eigenvalue weighted by Crippen LogP contribution is 2.21. The first-order valence-electron chi connectivity index (χ1n) is 8.24. The second-order valence-corrected chi connectivity index (χ2v) is 7.16. The molecule has 28 heavy (non-hydrogen) atoms. The number of hydrogen-bond acceptors (Lipinski definition) is 4. The number of nitrogens with one attached hydrogen (secondary N) is 1. The van der Waals surface area contributed by atoms with Gasteiger partial charge >= 0.3 is 0 Å². The minimum atomic E-state index is -0.560. The molecule has 2 aromatic carbocycles. The van der Waals surface area contributed by atoms with Crippen molar-refractivity contribution in [2.75, 3.05) is 5.43 Å². The number of carbonyl (C=O) groups excluding carboxylic acids is 1. The van der Waals surface area contributed by atoms with Crippen LogP contribution < -0.4 is 11.0 Å². The Bertz CT molecular complexity index is 1260. The molecule has 2 heterocycles. The van der Waals surface area contributed by atoms with Crippen LogP contribution in [0.3, 0.4) is 0 Å². The van der Waals surface area contributed by atoms with E-state index in [4.69, 9.17) is 11.6 Å². The number of para-hydroxylation sites is 1. The van der Waals surface area contributed by atoms with Gasteiger partial charge < -0.3 is 0 Å². The van der Waals surface area contributed by atoms with Crippen LogP contribution in [0.15, 0.2) is 76.1 Å². The predicted octanol–water partition coefficient (Wildman–Crippen LogP) is 4.26. The first-order valence-corrected chi connectivity index (χ1v) is 9.41. The third-order valence-electron chi connectivity index (χ3n) is 4.10. The maximum atomic E-state index is 13.1. The lowest BCUT2D eigenvalue weighted by molar-refractivity contribution is 0.101. The highest BCUT2D eigenvalue weighted by Gasteiger charge is 2.17. The van der Waals surface area contributed by atoms with Gasteiger partial charge in [0, 0.05) is 16.2 Å². The topological polar surface area (TPSA) is 76.9 Å². The van der Waals surface area contributed by atoms with Crippen LogP contribution in [0.25, 0.3) is 22.3 Å². The van der Waals surface area contributed by atoms with E-state index in [1.165, 1.54) is 12.3 Å². The molecule has 0 bridgehead atoms. The molecule has 138 valence electrons. The Kier molecular flexibility index (Phi) is 4.93. The SMILES string of the molecule is O=C(Nn1c(-c2ccc(Br)cc2)nc2ccccc2c1=O)c1cccnc1Cl. The van der Waals surface area contributed by atoms with E-state index in [1.54, 1.807) is 42.5 Å². The fourth-order valence-electron chi connectivity index (χ4n) is 2.75. The molecule has 0 aliphatic rings. The zero-order chi connectivity index (χ0) is 19.7. The summed E-state index contributed by atoms with van der Waals surface area (Å²) < 4.78 is 2.02. The number of rotatable bonds is 3. The van der Waals surface area contributed by atoms with Crippen LogP contribution in [0, 0.1) is 0 Å². The number of carbonyl (C=O) groups is 1. The minimum Gasteiger partial charge on any atom is -0.267 e. The number of hydrogen-bond donors (Lipinski definition) is 1. The van der Waals surface area contributed by atoms with Gasteiger partial charge in [0.05, 0.1) is 16.5 Å². The standard InChI is InChI=1S/C20H12BrClN4O2/c21-13-9-7-12(8-10-13)18-24-16-6-2-1-4-14(16)20(28)26(18)25-19(27)15-5-3-11-23-17(15)22/h1-11H,(H,25,27). The van der Waals surface area contributed by atoms with Crippen LogP contribution in [-0.2, 0) is 0 Å². The van der Waals surface area contributed by atoms with Crippen molar-refractivity contribution >= 4 is 44.3 Å². The molecule has 0 fully saturated rings. The molecule has 4 aromatic rings. The van der Waals surface area contributed by atoms with Gasteiger partial charge in [-0.1, -0.05) is 51.8 Å². The molecule has 1 N–H and O–H groups in total. The molecule has 0 aliphatic carbocycles. The van der Waals surface area contributed by atoms with Gasteiger partial charge in [0.2, 0.25) is 0 Å². The van der Waals surface area contributed by atoms with Crippen molar-refractivity contribution < 1.29 is 4.79 Å². The minimum absolute atomic E-state index is 0.0481. The smallest absolute Gasteiger partial charge is 0.267 e. The number of benzene rings is 2. The zero-order valence-electron chi connectivity index (χ0n) is 14.3. The summed E-state index contributed by atoms with van der Waals surface area (Å²) >= 11 is 9.40. The molecule has 0 radical (unpaired) electrons. The Hall–Kier alpha value is -3.03. The van der Waals surface area contributed by atoms with Gasteiger partial charge in [-0.15, -0.1) is 0 Å². The number of nitrogens with zero attached hydrogens (tertiary/aromatic N) is 3. The molecular weight excluding hydrogens is 444 g/mol. The molecule has 0 saturated carbocycles. The number of aromatic nitrogens is 3. The summed E-state index contributed by atoms with van der Waals surface area (Å²) in [4.78, 5) is 34.3. The average Bonchev–Trinajstić information content (AvgIpc) is 2.71. The molecule has 0 saturated heterocycles. The van der Waals surface area contributed by atoms with E-state index in [1.807, 2.05) is 12.1 Å². The van der Waals surface area contributed by atoms with E-state index < -0.39 is 11.5 Å². The van der Waals surface area contributed by atoms with Crippen LogP contribution in [-0.4, -0.2) is 20.6 Å². The fraction of sp³-hybridized carbons (Fsp3) is 0. The summed E-state index contributed by atoms with van der Waals surface area (Å²) in [5, 5.41) is 0.438. The second-order valence-electron chi connectivity index (χ2n) is 5.88. The van der Waals surface area contributed by atoms with Crippen molar-refractivity contribution in [1.29, 1.82) is 0 Å². The molecule has 0 unspecified atom stereocenters. The Morgan fingerprint density at radius 2 is 1.79 bits per heavy atom. The first-order chi connectivity index (χ1) is 13.5. The van der Waals surface area contributed by atoms with E-state index in [0.29, 0.717) is 22.3 Å². The van der Waals surface area contributed by atoms with Crippen molar-refractivity contribution in [3.8, 4) is 11.4 Å². The molecule has 8 heteroatoms. The summed E-state index contributed by atoms with van der Waals surface area (Å²) in [7, 11) is 0. The van der Waals surface area contributed by atoms with Crippen molar-refractivity contribution in [1.82, 2.24) is 14.6 Å². The molecule has 1 amide bonds. The highest BCUT2D eigenvalue weighted by molar-refractivity contribution is 9.10. The lowest BCUT2D eigenvalue weighted by Gasteiger charge is -2.15. The Morgan fingerprint density at radius 3 is 2.54 bits per heavy atom. The molecule has 4 rings (SSSR count). The maximum absolute atomic E-state index is 13.1. The lowest BCUT2D eigenvalue weighted by Crippen LogP contribution is -2.35. The summed E-state index contributed by atoms with van der Waals surface area (Å²) in [5.41, 5.74) is 3.58. The second kappa shape index (κ2) is 7.53. The maximum Gasteiger partial charge on any atom is 0.280 e. The van der Waals surface area contributed by atoms with E-state index in [-0.39, 0.29) is 10.7 Å². The van der Waals surface area contributed by atoms with Crippen LogP contribution in [0.5, 0.6) is 0 Å². The molecule has 0 aliphatic heterocycles. The Labute approximate surface area is 172 Å². The molecular formula is C20H12BrClN4O2. The quantitative estimate of drug-likeness (QED) is 0.468. The van der Waals surface area contributed by atoms with Gasteiger partial charge in [-0.3, -0.25) is 15.0 Å². The van der Waals surface area contributed by atoms with Crippen LogP contribution in [0.2, 0.25) is 5.15 Å². The summed E-state index contributed by atoms with van der Waals surface area (Å²) in [5.74, 6) is -0.250. The summed E-state index contributed by atoms with van der Waals surface area (Å²) in [6.45, 7) is 0.